The van der Waals surface area contributed by atoms with Gasteiger partial charge in [0.05, 0.1) is 5.69 Å². The van der Waals surface area contributed by atoms with E-state index in [9.17, 15) is 4.79 Å². The number of nitrogens with zero attached hydrogens (tertiary/aromatic N) is 1. The zero-order valence-corrected chi connectivity index (χ0v) is 10.3. The maximum atomic E-state index is 11.6. The normalized spacial score (nSPS) is 10.3. The van der Waals surface area contributed by atoms with Crippen LogP contribution >= 0.6 is 27.3 Å². The summed E-state index contributed by atoms with van der Waals surface area (Å²) in [6, 6.07) is 1.72. The molecule has 0 radical (unpaired) electrons. The second-order valence-corrected chi connectivity index (χ2v) is 4.75. The molecule has 0 aliphatic carbocycles. The van der Waals surface area contributed by atoms with Gasteiger partial charge < -0.3 is 4.98 Å². The van der Waals surface area contributed by atoms with Gasteiger partial charge in [-0.2, -0.15) is 0 Å². The smallest absolute Gasteiger partial charge is 0.273 e. The predicted octanol–water partition coefficient (Wildman–Crippen LogP) is 2.79. The van der Waals surface area contributed by atoms with Crippen molar-refractivity contribution in [1.29, 1.82) is 0 Å². The van der Waals surface area contributed by atoms with Crippen molar-refractivity contribution in [2.75, 3.05) is 5.32 Å². The summed E-state index contributed by atoms with van der Waals surface area (Å²) in [6.45, 7) is 1.89. The van der Waals surface area contributed by atoms with Crippen LogP contribution in [0, 0.1) is 6.92 Å². The van der Waals surface area contributed by atoms with Gasteiger partial charge in [-0.1, -0.05) is 0 Å². The zero-order chi connectivity index (χ0) is 10.8. The maximum absolute atomic E-state index is 11.6. The Hall–Kier alpha value is -1.14. The van der Waals surface area contributed by atoms with E-state index in [2.05, 4.69) is 31.2 Å². The van der Waals surface area contributed by atoms with Gasteiger partial charge in [0.1, 0.15) is 5.69 Å². The monoisotopic (exact) mass is 285 g/mol. The van der Waals surface area contributed by atoms with Crippen molar-refractivity contribution < 1.29 is 4.79 Å². The van der Waals surface area contributed by atoms with E-state index in [0.29, 0.717) is 10.8 Å². The number of aromatic nitrogens is 2. The number of carbonyl (C=O) groups is 1. The first kappa shape index (κ1) is 10.4. The first-order chi connectivity index (χ1) is 7.15. The Bertz CT molecular complexity index is 491. The van der Waals surface area contributed by atoms with Crippen LogP contribution < -0.4 is 5.32 Å². The van der Waals surface area contributed by atoms with Gasteiger partial charge in [0.15, 0.2) is 5.13 Å². The molecule has 1 amide bonds. The summed E-state index contributed by atoms with van der Waals surface area (Å²) in [7, 11) is 0. The summed E-state index contributed by atoms with van der Waals surface area (Å²) in [5, 5.41) is 5.21. The molecular formula is C9H8BrN3OS. The summed E-state index contributed by atoms with van der Waals surface area (Å²) in [4.78, 5) is 18.6. The summed E-state index contributed by atoms with van der Waals surface area (Å²) >= 11 is 4.68. The molecule has 0 fully saturated rings. The number of anilines is 1. The minimum absolute atomic E-state index is 0.185. The van der Waals surface area contributed by atoms with Gasteiger partial charge in [0.2, 0.25) is 0 Å². The molecule has 0 spiro atoms. The molecule has 2 aromatic rings. The highest BCUT2D eigenvalue weighted by molar-refractivity contribution is 9.10. The Kier molecular flexibility index (Phi) is 2.88. The van der Waals surface area contributed by atoms with Gasteiger partial charge in [0, 0.05) is 16.0 Å². The van der Waals surface area contributed by atoms with Gasteiger partial charge in [-0.15, -0.1) is 11.3 Å². The molecule has 15 heavy (non-hydrogen) atoms. The third-order valence-electron chi connectivity index (χ3n) is 1.73. The highest BCUT2D eigenvalue weighted by Crippen LogP contribution is 2.16. The van der Waals surface area contributed by atoms with Crippen LogP contribution in [0.25, 0.3) is 0 Å². The number of carbonyl (C=O) groups excluding carboxylic acids is 1. The Balaban J connectivity index is 2.10. The highest BCUT2D eigenvalue weighted by Gasteiger charge is 2.09. The molecule has 0 atom stereocenters. The number of rotatable bonds is 2. The fourth-order valence-corrected chi connectivity index (χ4v) is 2.10. The number of aromatic amines is 1. The van der Waals surface area contributed by atoms with Crippen molar-refractivity contribution in [1.82, 2.24) is 9.97 Å². The van der Waals surface area contributed by atoms with E-state index in [1.807, 2.05) is 12.3 Å². The molecule has 0 aliphatic heterocycles. The summed E-state index contributed by atoms with van der Waals surface area (Å²) in [5.41, 5.74) is 1.41. The van der Waals surface area contributed by atoms with E-state index in [1.54, 1.807) is 12.3 Å². The third kappa shape index (κ3) is 2.45. The first-order valence-electron chi connectivity index (χ1n) is 4.22. The van der Waals surface area contributed by atoms with Crippen LogP contribution in [0.5, 0.6) is 0 Å². The Morgan fingerprint density at radius 1 is 1.67 bits per heavy atom. The second kappa shape index (κ2) is 4.16. The predicted molar refractivity (Wildman–Crippen MR) is 63.3 cm³/mol. The number of hydrogen-bond acceptors (Lipinski definition) is 3. The van der Waals surface area contributed by atoms with Crippen LogP contribution in [-0.4, -0.2) is 15.9 Å². The third-order valence-corrected chi connectivity index (χ3v) is 3.07. The van der Waals surface area contributed by atoms with E-state index in [1.165, 1.54) is 11.3 Å². The van der Waals surface area contributed by atoms with Crippen molar-refractivity contribution in [3.05, 3.63) is 33.5 Å². The van der Waals surface area contributed by atoms with Crippen molar-refractivity contribution >= 4 is 38.3 Å². The van der Waals surface area contributed by atoms with Crippen molar-refractivity contribution in [2.24, 2.45) is 0 Å². The quantitative estimate of drug-likeness (QED) is 0.891. The molecule has 0 unspecified atom stereocenters. The lowest BCUT2D eigenvalue weighted by Crippen LogP contribution is -2.11. The summed E-state index contributed by atoms with van der Waals surface area (Å²) in [6.07, 6.45) is 1.71. The van der Waals surface area contributed by atoms with Crippen LogP contribution in [0.2, 0.25) is 0 Å². The lowest BCUT2D eigenvalue weighted by atomic mass is 10.4. The molecule has 2 aromatic heterocycles. The summed E-state index contributed by atoms with van der Waals surface area (Å²) in [5.74, 6) is -0.185. The Morgan fingerprint density at radius 2 is 2.47 bits per heavy atom. The first-order valence-corrected chi connectivity index (χ1v) is 5.90. The van der Waals surface area contributed by atoms with Crippen LogP contribution in [0.1, 0.15) is 16.2 Å². The molecule has 2 heterocycles. The average Bonchev–Trinajstić information content (AvgIpc) is 2.75. The molecule has 0 saturated carbocycles. The average molecular weight is 286 g/mol. The van der Waals surface area contributed by atoms with Crippen molar-refractivity contribution in [3.8, 4) is 0 Å². The van der Waals surface area contributed by atoms with Gasteiger partial charge in [-0.05, 0) is 28.9 Å². The lowest BCUT2D eigenvalue weighted by molar-refractivity contribution is 0.102. The molecule has 0 saturated heterocycles. The topological polar surface area (TPSA) is 57.8 Å². The van der Waals surface area contributed by atoms with Crippen LogP contribution in [-0.2, 0) is 0 Å². The van der Waals surface area contributed by atoms with Crippen LogP contribution in [0.3, 0.4) is 0 Å². The zero-order valence-electron chi connectivity index (χ0n) is 7.87. The van der Waals surface area contributed by atoms with Gasteiger partial charge in [-0.25, -0.2) is 4.98 Å². The molecular weight excluding hydrogens is 278 g/mol. The molecule has 78 valence electrons. The number of nitrogens with one attached hydrogen (secondary N) is 2. The molecule has 0 aliphatic rings. The highest BCUT2D eigenvalue weighted by atomic mass is 79.9. The number of H-pyrrole nitrogens is 1. The van der Waals surface area contributed by atoms with E-state index in [-0.39, 0.29) is 5.91 Å². The molecule has 2 rings (SSSR count). The van der Waals surface area contributed by atoms with E-state index in [4.69, 9.17) is 0 Å². The molecule has 4 nitrogen and oxygen atoms in total. The molecule has 2 N–H and O–H groups in total. The standard InChI is InChI=1S/C9H8BrN3OS/c1-5-4-15-9(12-5)13-8(14)7-2-6(10)3-11-7/h2-4,11H,1H3,(H,12,13,14). The second-order valence-electron chi connectivity index (χ2n) is 2.98. The maximum Gasteiger partial charge on any atom is 0.273 e. The van der Waals surface area contributed by atoms with E-state index in [0.717, 1.165) is 10.2 Å². The van der Waals surface area contributed by atoms with Gasteiger partial charge >= 0.3 is 0 Å². The van der Waals surface area contributed by atoms with Crippen LogP contribution in [0.15, 0.2) is 22.1 Å². The number of hydrogen-bond donors (Lipinski definition) is 2. The fraction of sp³-hybridized carbons (Fsp3) is 0.111. The number of thiazole rings is 1. The largest absolute Gasteiger partial charge is 0.356 e. The number of halogens is 1. The molecule has 6 heteroatoms. The fourth-order valence-electron chi connectivity index (χ4n) is 1.07. The van der Waals surface area contributed by atoms with Crippen molar-refractivity contribution in [3.63, 3.8) is 0 Å². The lowest BCUT2D eigenvalue weighted by Gasteiger charge is -1.97. The SMILES string of the molecule is Cc1csc(NC(=O)c2cc(Br)c[nH]2)n1. The minimum Gasteiger partial charge on any atom is -0.356 e. The summed E-state index contributed by atoms with van der Waals surface area (Å²) < 4.78 is 0.850. The number of aryl methyl sites for hydroxylation is 1. The Morgan fingerprint density at radius 3 is 3.00 bits per heavy atom. The van der Waals surface area contributed by atoms with Gasteiger partial charge in [-0.3, -0.25) is 10.1 Å². The van der Waals surface area contributed by atoms with E-state index < -0.39 is 0 Å². The Labute approximate surface area is 98.9 Å². The van der Waals surface area contributed by atoms with Gasteiger partial charge in [0.25, 0.3) is 5.91 Å². The van der Waals surface area contributed by atoms with Crippen LogP contribution in [0.4, 0.5) is 5.13 Å². The number of amides is 1. The molecule has 0 bridgehead atoms. The van der Waals surface area contributed by atoms with E-state index >= 15 is 0 Å². The van der Waals surface area contributed by atoms with Crippen molar-refractivity contribution in [2.45, 2.75) is 6.92 Å². The minimum atomic E-state index is -0.185. The molecule has 0 aromatic carbocycles.